The van der Waals surface area contributed by atoms with Crippen LogP contribution in [0.4, 0.5) is 5.69 Å². The van der Waals surface area contributed by atoms with Gasteiger partial charge in [-0.3, -0.25) is 10.1 Å². The molecule has 0 amide bonds. The van der Waals surface area contributed by atoms with Crippen molar-refractivity contribution in [1.82, 2.24) is 4.98 Å². The maximum absolute atomic E-state index is 12.4. The van der Waals surface area contributed by atoms with E-state index in [9.17, 15) is 14.9 Å². The molecule has 0 bridgehead atoms. The van der Waals surface area contributed by atoms with Crippen LogP contribution in [0.1, 0.15) is 0 Å². The second-order valence-corrected chi connectivity index (χ2v) is 7.23. The molecule has 4 rings (SSSR count). The average molecular weight is 429 g/mol. The Morgan fingerprint density at radius 3 is 2.65 bits per heavy atom. The van der Waals surface area contributed by atoms with Crippen molar-refractivity contribution in [2.24, 2.45) is 0 Å². The molecule has 0 saturated carbocycles. The monoisotopic (exact) mass is 428 g/mol. The number of hydrogen-bond donors (Lipinski definition) is 0. The molecular weight excluding hydrogens is 420 g/mol. The molecule has 0 spiro atoms. The minimum absolute atomic E-state index is 0.0493. The van der Waals surface area contributed by atoms with Crippen LogP contribution < -0.4 is 5.63 Å². The Bertz CT molecular complexity index is 1200. The zero-order chi connectivity index (χ0) is 18.3. The van der Waals surface area contributed by atoms with Gasteiger partial charge in [0.25, 0.3) is 0 Å². The van der Waals surface area contributed by atoms with Crippen molar-refractivity contribution in [1.29, 1.82) is 0 Å². The zero-order valence-corrected chi connectivity index (χ0v) is 15.4. The van der Waals surface area contributed by atoms with Gasteiger partial charge in [0.2, 0.25) is 5.58 Å². The van der Waals surface area contributed by atoms with Gasteiger partial charge in [0, 0.05) is 26.9 Å². The minimum atomic E-state index is -0.656. The molecule has 0 fully saturated rings. The van der Waals surface area contributed by atoms with Gasteiger partial charge in [-0.15, -0.1) is 11.3 Å². The van der Waals surface area contributed by atoms with Crippen molar-refractivity contribution in [3.8, 4) is 21.8 Å². The van der Waals surface area contributed by atoms with Crippen LogP contribution in [-0.4, -0.2) is 9.91 Å². The Morgan fingerprint density at radius 1 is 1.15 bits per heavy atom. The summed E-state index contributed by atoms with van der Waals surface area (Å²) in [5.41, 5.74) is 1.01. The molecule has 8 heteroatoms. The maximum Gasteiger partial charge on any atom is 0.346 e. The summed E-state index contributed by atoms with van der Waals surface area (Å²) in [7, 11) is 0. The number of non-ortho nitro benzene ring substituents is 1. The van der Waals surface area contributed by atoms with Gasteiger partial charge in [-0.2, -0.15) is 0 Å². The van der Waals surface area contributed by atoms with E-state index in [1.165, 1.54) is 17.4 Å². The Morgan fingerprint density at radius 2 is 1.92 bits per heavy atom. The first-order chi connectivity index (χ1) is 12.5. The summed E-state index contributed by atoms with van der Waals surface area (Å²) >= 11 is 4.57. The summed E-state index contributed by atoms with van der Waals surface area (Å²) in [6.07, 6.45) is 0. The normalized spacial score (nSPS) is 11.0. The molecule has 128 valence electrons. The molecule has 0 atom stereocenters. The van der Waals surface area contributed by atoms with Crippen molar-refractivity contribution in [3.05, 3.63) is 78.9 Å². The lowest BCUT2D eigenvalue weighted by atomic mass is 10.1. The van der Waals surface area contributed by atoms with Crippen LogP contribution in [0.15, 0.2) is 67.6 Å². The molecule has 6 nitrogen and oxygen atoms in total. The molecule has 2 aromatic heterocycles. The fraction of sp³-hybridized carbons (Fsp3) is 0. The average Bonchev–Trinajstić information content (AvgIpc) is 3.11. The molecule has 0 N–H and O–H groups in total. The Labute approximate surface area is 159 Å². The molecule has 2 aromatic carbocycles. The van der Waals surface area contributed by atoms with E-state index < -0.39 is 10.5 Å². The smallest absolute Gasteiger partial charge is 0.346 e. The Kier molecular flexibility index (Phi) is 4.14. The number of benzene rings is 2. The largest absolute Gasteiger partial charge is 0.415 e. The first-order valence-electron chi connectivity index (χ1n) is 7.46. The van der Waals surface area contributed by atoms with Crippen molar-refractivity contribution >= 4 is 43.9 Å². The van der Waals surface area contributed by atoms with E-state index in [0.717, 1.165) is 11.3 Å². The molecular formula is C18H9BrN2O4S. The fourth-order valence-electron chi connectivity index (χ4n) is 2.60. The highest BCUT2D eigenvalue weighted by atomic mass is 79.9. The maximum atomic E-state index is 12.4. The van der Waals surface area contributed by atoms with Crippen LogP contribution in [0.2, 0.25) is 0 Å². The third kappa shape index (κ3) is 2.93. The summed E-state index contributed by atoms with van der Waals surface area (Å²) < 4.78 is 5.79. The van der Waals surface area contributed by atoms with Crippen molar-refractivity contribution < 1.29 is 9.34 Å². The lowest BCUT2D eigenvalue weighted by molar-refractivity contribution is -0.383. The number of fused-ring (bicyclic) bond motifs is 1. The standard InChI is InChI=1S/C18H9BrN2O4S/c19-12-6-11-7-13(18(22)25-16(11)15(8-12)21(23)24)17-20-14(9-26-17)10-4-2-1-3-5-10/h1-9H. The van der Waals surface area contributed by atoms with E-state index in [0.29, 0.717) is 14.9 Å². The highest BCUT2D eigenvalue weighted by Gasteiger charge is 2.20. The summed E-state index contributed by atoms with van der Waals surface area (Å²) in [5, 5.41) is 14.0. The number of nitro groups is 1. The van der Waals surface area contributed by atoms with Crippen molar-refractivity contribution in [2.45, 2.75) is 0 Å². The van der Waals surface area contributed by atoms with Gasteiger partial charge in [0.1, 0.15) is 5.01 Å². The van der Waals surface area contributed by atoms with Gasteiger partial charge in [-0.25, -0.2) is 9.78 Å². The molecule has 26 heavy (non-hydrogen) atoms. The predicted molar refractivity (Wildman–Crippen MR) is 103 cm³/mol. The number of halogens is 1. The van der Waals surface area contributed by atoms with Gasteiger partial charge >= 0.3 is 11.3 Å². The first kappa shape index (κ1) is 16.6. The second-order valence-electron chi connectivity index (χ2n) is 5.45. The van der Waals surface area contributed by atoms with Gasteiger partial charge in [-0.05, 0) is 12.1 Å². The van der Waals surface area contributed by atoms with Crippen molar-refractivity contribution in [2.75, 3.05) is 0 Å². The van der Waals surface area contributed by atoms with Crippen LogP contribution >= 0.6 is 27.3 Å². The van der Waals surface area contributed by atoms with Crippen LogP contribution in [0.3, 0.4) is 0 Å². The predicted octanol–water partition coefficient (Wildman–Crippen LogP) is 5.25. The quantitative estimate of drug-likeness (QED) is 0.252. The summed E-state index contributed by atoms with van der Waals surface area (Å²) in [4.78, 5) is 27.5. The lowest BCUT2D eigenvalue weighted by Crippen LogP contribution is -2.03. The zero-order valence-electron chi connectivity index (χ0n) is 13.0. The molecule has 0 aliphatic carbocycles. The molecule has 2 heterocycles. The second kappa shape index (κ2) is 6.47. The van der Waals surface area contributed by atoms with Crippen LogP contribution in [0.25, 0.3) is 32.8 Å². The highest BCUT2D eigenvalue weighted by molar-refractivity contribution is 9.10. The molecule has 0 aliphatic rings. The number of thiazole rings is 1. The molecule has 0 unspecified atom stereocenters. The third-order valence-electron chi connectivity index (χ3n) is 3.78. The van der Waals surface area contributed by atoms with E-state index >= 15 is 0 Å². The third-order valence-corrected chi connectivity index (χ3v) is 5.11. The van der Waals surface area contributed by atoms with Gasteiger partial charge in [0.15, 0.2) is 0 Å². The van der Waals surface area contributed by atoms with Crippen LogP contribution in [0.5, 0.6) is 0 Å². The number of rotatable bonds is 3. The first-order valence-corrected chi connectivity index (χ1v) is 9.13. The topological polar surface area (TPSA) is 86.2 Å². The van der Waals surface area contributed by atoms with Gasteiger partial charge in [-0.1, -0.05) is 46.3 Å². The van der Waals surface area contributed by atoms with E-state index in [1.54, 1.807) is 12.1 Å². The summed E-state index contributed by atoms with van der Waals surface area (Å²) in [5.74, 6) is 0. The molecule has 0 saturated heterocycles. The van der Waals surface area contributed by atoms with Crippen LogP contribution in [-0.2, 0) is 0 Å². The SMILES string of the molecule is O=c1oc2c([N+](=O)[O-])cc(Br)cc2cc1-c1nc(-c2ccccc2)cs1. The number of aromatic nitrogens is 1. The highest BCUT2D eigenvalue weighted by Crippen LogP contribution is 2.33. The summed E-state index contributed by atoms with van der Waals surface area (Å²) in [6, 6.07) is 14.2. The lowest BCUT2D eigenvalue weighted by Gasteiger charge is -2.02. The fourth-order valence-corrected chi connectivity index (χ4v) is 3.90. The Hall–Kier alpha value is -2.84. The number of nitrogens with zero attached hydrogens (tertiary/aromatic N) is 2. The Balaban J connectivity index is 1.88. The number of nitro benzene ring substituents is 1. The molecule has 0 aliphatic heterocycles. The number of hydrogen-bond acceptors (Lipinski definition) is 6. The van der Waals surface area contributed by atoms with Gasteiger partial charge in [0.05, 0.1) is 16.2 Å². The van der Waals surface area contributed by atoms with E-state index in [4.69, 9.17) is 4.42 Å². The summed E-state index contributed by atoms with van der Waals surface area (Å²) in [6.45, 7) is 0. The van der Waals surface area contributed by atoms with E-state index in [1.807, 2.05) is 35.7 Å². The van der Waals surface area contributed by atoms with Crippen LogP contribution in [0, 0.1) is 10.1 Å². The van der Waals surface area contributed by atoms with E-state index in [2.05, 4.69) is 20.9 Å². The van der Waals surface area contributed by atoms with Gasteiger partial charge < -0.3 is 4.42 Å². The minimum Gasteiger partial charge on any atom is -0.415 e. The van der Waals surface area contributed by atoms with E-state index in [-0.39, 0.29) is 16.8 Å². The molecule has 4 aromatic rings. The molecule has 0 radical (unpaired) electrons. The van der Waals surface area contributed by atoms with Crippen molar-refractivity contribution in [3.63, 3.8) is 0 Å².